The molecule has 1 aromatic rings. The van der Waals surface area contributed by atoms with Crippen LogP contribution in [0.1, 0.15) is 31.4 Å². The van der Waals surface area contributed by atoms with Crippen molar-refractivity contribution in [3.63, 3.8) is 0 Å². The molecule has 3 nitrogen and oxygen atoms in total. The molecule has 1 unspecified atom stereocenters. The average molecular weight is 298 g/mol. The van der Waals surface area contributed by atoms with Gasteiger partial charge in [0.15, 0.2) is 0 Å². The van der Waals surface area contributed by atoms with Crippen molar-refractivity contribution >= 4 is 11.6 Å². The molecule has 112 valence electrons. The summed E-state index contributed by atoms with van der Waals surface area (Å²) >= 11 is 5.96. The van der Waals surface area contributed by atoms with Crippen LogP contribution in [0, 0.1) is 5.92 Å². The van der Waals surface area contributed by atoms with Gasteiger partial charge in [0.2, 0.25) is 0 Å². The maximum atomic E-state index is 10.3. The number of rotatable bonds is 6. The zero-order chi connectivity index (χ0) is 14.4. The smallest absolute Gasteiger partial charge is 0.0917 e. The number of benzene rings is 1. The summed E-state index contributed by atoms with van der Waals surface area (Å²) in [5.41, 5.74) is 0.897. The van der Waals surface area contributed by atoms with Crippen molar-refractivity contribution in [2.75, 3.05) is 32.8 Å². The molecule has 1 atom stereocenters. The number of ether oxygens (including phenoxy) is 1. The molecule has 0 bridgehead atoms. The van der Waals surface area contributed by atoms with Gasteiger partial charge in [-0.2, -0.15) is 0 Å². The normalized spacial score (nSPS) is 19.1. The number of aliphatic hydroxyl groups is 1. The second kappa shape index (κ2) is 7.99. The molecule has 0 saturated carbocycles. The van der Waals surface area contributed by atoms with Crippen molar-refractivity contribution < 1.29 is 9.84 Å². The number of halogens is 1. The Balaban J connectivity index is 1.77. The topological polar surface area (TPSA) is 32.7 Å². The van der Waals surface area contributed by atoms with E-state index in [1.165, 1.54) is 0 Å². The molecular formula is C16H24ClNO2. The van der Waals surface area contributed by atoms with E-state index in [1.54, 1.807) is 0 Å². The van der Waals surface area contributed by atoms with Crippen LogP contribution in [0.4, 0.5) is 0 Å². The van der Waals surface area contributed by atoms with E-state index in [0.717, 1.165) is 44.7 Å². The molecule has 1 aromatic carbocycles. The lowest BCUT2D eigenvalue weighted by Crippen LogP contribution is -2.37. The van der Waals surface area contributed by atoms with Crippen molar-refractivity contribution in [2.45, 2.75) is 25.9 Å². The van der Waals surface area contributed by atoms with Crippen LogP contribution in [0.15, 0.2) is 24.3 Å². The molecule has 0 spiro atoms. The van der Waals surface area contributed by atoms with Crippen molar-refractivity contribution in [2.24, 2.45) is 5.92 Å². The molecule has 1 fully saturated rings. The molecule has 2 rings (SSSR count). The fraction of sp³-hybridized carbons (Fsp3) is 0.625. The predicted molar refractivity (Wildman–Crippen MR) is 82.1 cm³/mol. The Hall–Kier alpha value is -0.610. The van der Waals surface area contributed by atoms with Gasteiger partial charge in [-0.25, -0.2) is 0 Å². The molecule has 1 aliphatic rings. The highest BCUT2D eigenvalue weighted by Gasteiger charge is 2.21. The third kappa shape index (κ3) is 4.74. The Morgan fingerprint density at radius 3 is 2.80 bits per heavy atom. The van der Waals surface area contributed by atoms with E-state index >= 15 is 0 Å². The number of hydrogen-bond donors (Lipinski definition) is 1. The molecule has 0 amide bonds. The van der Waals surface area contributed by atoms with Crippen LogP contribution < -0.4 is 0 Å². The van der Waals surface area contributed by atoms with E-state index in [9.17, 15) is 5.11 Å². The maximum absolute atomic E-state index is 10.3. The summed E-state index contributed by atoms with van der Waals surface area (Å²) in [5, 5.41) is 11.0. The minimum absolute atomic E-state index is 0.461. The van der Waals surface area contributed by atoms with Crippen molar-refractivity contribution in [3.8, 4) is 0 Å². The molecule has 20 heavy (non-hydrogen) atoms. The van der Waals surface area contributed by atoms with E-state index in [2.05, 4.69) is 4.90 Å². The third-order valence-electron chi connectivity index (χ3n) is 3.93. The molecule has 0 aliphatic carbocycles. The highest BCUT2D eigenvalue weighted by Crippen LogP contribution is 2.22. The lowest BCUT2D eigenvalue weighted by molar-refractivity contribution is 0.0534. The zero-order valence-electron chi connectivity index (χ0n) is 12.1. The van der Waals surface area contributed by atoms with Crippen molar-refractivity contribution in [3.05, 3.63) is 34.9 Å². The second-order valence-electron chi connectivity index (χ2n) is 5.47. The van der Waals surface area contributed by atoms with Gasteiger partial charge in [-0.3, -0.25) is 0 Å². The number of likely N-dealkylation sites (tertiary alicyclic amines) is 1. The molecular weight excluding hydrogens is 274 g/mol. The zero-order valence-corrected chi connectivity index (χ0v) is 12.9. The molecule has 1 heterocycles. The van der Waals surface area contributed by atoms with E-state index in [4.69, 9.17) is 16.3 Å². The minimum atomic E-state index is -0.461. The van der Waals surface area contributed by atoms with Crippen molar-refractivity contribution in [1.82, 2.24) is 4.90 Å². The van der Waals surface area contributed by atoms with Gasteiger partial charge in [-0.15, -0.1) is 0 Å². The minimum Gasteiger partial charge on any atom is -0.387 e. The van der Waals surface area contributed by atoms with Gasteiger partial charge >= 0.3 is 0 Å². The number of aliphatic hydroxyl groups excluding tert-OH is 1. The first-order valence-corrected chi connectivity index (χ1v) is 7.80. The Labute approximate surface area is 126 Å². The molecule has 0 aromatic heterocycles. The number of β-amino-alcohol motifs (C(OH)–C–C–N with tert-alkyl or cyclic N) is 1. The van der Waals surface area contributed by atoms with Gasteiger partial charge < -0.3 is 14.7 Å². The van der Waals surface area contributed by atoms with Crippen LogP contribution in [-0.2, 0) is 4.74 Å². The summed E-state index contributed by atoms with van der Waals surface area (Å²) < 4.78 is 5.49. The van der Waals surface area contributed by atoms with Crippen molar-refractivity contribution in [1.29, 1.82) is 0 Å². The highest BCUT2D eigenvalue weighted by molar-refractivity contribution is 6.30. The maximum Gasteiger partial charge on any atom is 0.0917 e. The van der Waals surface area contributed by atoms with Gasteiger partial charge in [-0.1, -0.05) is 23.7 Å². The summed E-state index contributed by atoms with van der Waals surface area (Å²) in [4.78, 5) is 2.33. The van der Waals surface area contributed by atoms with E-state index in [-0.39, 0.29) is 0 Å². The lowest BCUT2D eigenvalue weighted by atomic mass is 9.97. The van der Waals surface area contributed by atoms with Gasteiger partial charge in [0, 0.05) is 24.8 Å². The fourth-order valence-electron chi connectivity index (χ4n) is 2.68. The van der Waals surface area contributed by atoms with Gasteiger partial charge in [0.25, 0.3) is 0 Å². The summed E-state index contributed by atoms with van der Waals surface area (Å²) in [7, 11) is 0. The second-order valence-corrected chi connectivity index (χ2v) is 5.91. The summed E-state index contributed by atoms with van der Waals surface area (Å²) in [5.74, 6) is 0.675. The summed E-state index contributed by atoms with van der Waals surface area (Å²) in [6, 6.07) is 7.48. The number of nitrogens with zero attached hydrogens (tertiary/aromatic N) is 1. The molecule has 1 N–H and O–H groups in total. The number of piperidine rings is 1. The highest BCUT2D eigenvalue weighted by atomic mass is 35.5. The monoisotopic (exact) mass is 297 g/mol. The Morgan fingerprint density at radius 1 is 1.40 bits per heavy atom. The van der Waals surface area contributed by atoms with Gasteiger partial charge in [0.1, 0.15) is 0 Å². The van der Waals surface area contributed by atoms with Crippen LogP contribution in [0.3, 0.4) is 0 Å². The standard InChI is InChI=1S/C16H24ClNO2/c1-2-20-12-13-6-8-18(9-7-13)11-16(19)14-4-3-5-15(17)10-14/h3-5,10,13,16,19H,2,6-9,11-12H2,1H3. The molecule has 0 radical (unpaired) electrons. The quantitative estimate of drug-likeness (QED) is 0.876. The van der Waals surface area contributed by atoms with E-state index in [1.807, 2.05) is 31.2 Å². The molecule has 4 heteroatoms. The Kier molecular flexibility index (Phi) is 6.30. The molecule has 1 aliphatic heterocycles. The average Bonchev–Trinajstić information content (AvgIpc) is 2.46. The number of hydrogen-bond acceptors (Lipinski definition) is 3. The predicted octanol–water partition coefficient (Wildman–Crippen LogP) is 3.12. The Morgan fingerprint density at radius 2 is 2.15 bits per heavy atom. The first kappa shape index (κ1) is 15.8. The van der Waals surface area contributed by atoms with Gasteiger partial charge in [0.05, 0.1) is 6.10 Å². The SMILES string of the molecule is CCOCC1CCN(CC(O)c2cccc(Cl)c2)CC1. The largest absolute Gasteiger partial charge is 0.387 e. The first-order valence-electron chi connectivity index (χ1n) is 7.42. The van der Waals surface area contributed by atoms with Crippen LogP contribution in [0.25, 0.3) is 0 Å². The summed E-state index contributed by atoms with van der Waals surface area (Å²) in [6.07, 6.45) is 1.85. The van der Waals surface area contributed by atoms with Gasteiger partial charge in [-0.05, 0) is 56.5 Å². The molecule has 1 saturated heterocycles. The fourth-order valence-corrected chi connectivity index (χ4v) is 2.88. The van der Waals surface area contributed by atoms with Crippen LogP contribution >= 0.6 is 11.6 Å². The van der Waals surface area contributed by atoms with E-state index in [0.29, 0.717) is 17.5 Å². The third-order valence-corrected chi connectivity index (χ3v) is 4.16. The van der Waals surface area contributed by atoms with Crippen LogP contribution in [0.5, 0.6) is 0 Å². The summed E-state index contributed by atoms with van der Waals surface area (Å²) in [6.45, 7) is 6.47. The first-order chi connectivity index (χ1) is 9.69. The Bertz CT molecular complexity index is 405. The van der Waals surface area contributed by atoms with Crippen LogP contribution in [0.2, 0.25) is 5.02 Å². The van der Waals surface area contributed by atoms with E-state index < -0.39 is 6.10 Å². The van der Waals surface area contributed by atoms with Crippen LogP contribution in [-0.4, -0.2) is 42.9 Å². The lowest BCUT2D eigenvalue weighted by Gasteiger charge is -2.33.